The van der Waals surface area contributed by atoms with Crippen molar-refractivity contribution < 1.29 is 9.59 Å². The van der Waals surface area contributed by atoms with Gasteiger partial charge in [-0.15, -0.1) is 0 Å². The normalized spacial score (nSPS) is 22.5. The van der Waals surface area contributed by atoms with Gasteiger partial charge in [0, 0.05) is 31.7 Å². The molecule has 2 saturated heterocycles. The average molecular weight is 323 g/mol. The number of carbonyl (C=O) groups excluding carboxylic acids is 2. The first-order chi connectivity index (χ1) is 10.7. The van der Waals surface area contributed by atoms with Crippen molar-refractivity contribution in [3.05, 3.63) is 0 Å². The van der Waals surface area contributed by atoms with Gasteiger partial charge in [-0.1, -0.05) is 13.8 Å². The van der Waals surface area contributed by atoms with Gasteiger partial charge in [-0.2, -0.15) is 0 Å². The fourth-order valence-corrected chi connectivity index (χ4v) is 3.79. The Morgan fingerprint density at radius 3 is 1.96 bits per heavy atom. The summed E-state index contributed by atoms with van der Waals surface area (Å²) in [5.41, 5.74) is -0.596. The van der Waals surface area contributed by atoms with Crippen LogP contribution in [0.4, 0.5) is 4.79 Å². The number of hydrogen-bond acceptors (Lipinski definition) is 3. The maximum Gasteiger partial charge on any atom is 0.327 e. The van der Waals surface area contributed by atoms with Crippen molar-refractivity contribution in [2.45, 2.75) is 78.4 Å². The molecule has 1 spiro atoms. The highest BCUT2D eigenvalue weighted by atomic mass is 16.2. The van der Waals surface area contributed by atoms with Crippen molar-refractivity contribution in [1.29, 1.82) is 0 Å². The lowest BCUT2D eigenvalue weighted by Crippen LogP contribution is -2.57. The topological polar surface area (TPSA) is 43.9 Å². The summed E-state index contributed by atoms with van der Waals surface area (Å²) in [6.07, 6.45) is 2.47. The van der Waals surface area contributed by atoms with Crippen molar-refractivity contribution in [2.24, 2.45) is 5.92 Å². The zero-order chi connectivity index (χ0) is 17.4. The third kappa shape index (κ3) is 3.25. The Hall–Kier alpha value is -1.10. The van der Waals surface area contributed by atoms with Gasteiger partial charge in [0.25, 0.3) is 5.91 Å². The predicted molar refractivity (Wildman–Crippen MR) is 92.2 cm³/mol. The number of urea groups is 1. The Morgan fingerprint density at radius 2 is 1.52 bits per heavy atom. The largest absolute Gasteiger partial charge is 0.327 e. The van der Waals surface area contributed by atoms with E-state index < -0.39 is 5.54 Å². The number of carbonyl (C=O) groups is 2. The quantitative estimate of drug-likeness (QED) is 0.731. The summed E-state index contributed by atoms with van der Waals surface area (Å²) in [4.78, 5) is 31.8. The molecule has 0 bridgehead atoms. The molecule has 0 radical (unpaired) electrons. The highest BCUT2D eigenvalue weighted by Gasteiger charge is 2.58. The maximum absolute atomic E-state index is 13.1. The van der Waals surface area contributed by atoms with E-state index in [0.29, 0.717) is 18.5 Å². The summed E-state index contributed by atoms with van der Waals surface area (Å²) in [6, 6.07) is 0.340. The minimum absolute atomic E-state index is 0.0321. The molecule has 0 aromatic rings. The van der Waals surface area contributed by atoms with E-state index in [1.807, 2.05) is 18.7 Å². The Bertz CT molecular complexity index is 451. The Morgan fingerprint density at radius 1 is 0.957 bits per heavy atom. The monoisotopic (exact) mass is 323 g/mol. The predicted octanol–water partition coefficient (Wildman–Crippen LogP) is 2.95. The molecular formula is C18H33N3O2. The molecule has 0 aromatic carbocycles. The zero-order valence-corrected chi connectivity index (χ0v) is 15.6. The summed E-state index contributed by atoms with van der Waals surface area (Å²) >= 11 is 0. The summed E-state index contributed by atoms with van der Waals surface area (Å²) < 4.78 is 0. The molecule has 2 aliphatic heterocycles. The molecule has 0 N–H and O–H groups in total. The van der Waals surface area contributed by atoms with Gasteiger partial charge in [0.15, 0.2) is 0 Å². The van der Waals surface area contributed by atoms with Crippen molar-refractivity contribution in [3.8, 4) is 0 Å². The fraction of sp³-hybridized carbons (Fsp3) is 0.889. The van der Waals surface area contributed by atoms with Gasteiger partial charge in [0.2, 0.25) is 0 Å². The van der Waals surface area contributed by atoms with Gasteiger partial charge in [0.1, 0.15) is 5.54 Å². The third-order valence-corrected chi connectivity index (χ3v) is 5.37. The van der Waals surface area contributed by atoms with E-state index in [1.165, 1.54) is 4.90 Å². The number of nitrogens with zero attached hydrogens (tertiary/aromatic N) is 3. The molecule has 23 heavy (non-hydrogen) atoms. The molecular weight excluding hydrogens is 290 g/mol. The highest BCUT2D eigenvalue weighted by Crippen LogP contribution is 2.38. The van der Waals surface area contributed by atoms with Gasteiger partial charge in [-0.25, -0.2) is 4.79 Å². The van der Waals surface area contributed by atoms with Crippen molar-refractivity contribution in [3.63, 3.8) is 0 Å². The number of hydrogen-bond donors (Lipinski definition) is 0. The van der Waals surface area contributed by atoms with Crippen molar-refractivity contribution >= 4 is 11.9 Å². The molecule has 0 aliphatic carbocycles. The van der Waals surface area contributed by atoms with Crippen molar-refractivity contribution in [1.82, 2.24) is 14.7 Å². The molecule has 2 heterocycles. The minimum atomic E-state index is -0.596. The van der Waals surface area contributed by atoms with Crippen molar-refractivity contribution in [2.75, 3.05) is 19.6 Å². The van der Waals surface area contributed by atoms with Crippen LogP contribution in [0, 0.1) is 5.92 Å². The smallest absolute Gasteiger partial charge is 0.309 e. The Balaban J connectivity index is 2.26. The van der Waals surface area contributed by atoms with Gasteiger partial charge < -0.3 is 9.80 Å². The van der Waals surface area contributed by atoms with Crippen LogP contribution < -0.4 is 0 Å². The maximum atomic E-state index is 13.1. The molecule has 2 aliphatic rings. The lowest BCUT2D eigenvalue weighted by Gasteiger charge is -2.43. The number of rotatable bonds is 5. The Labute approximate surface area is 141 Å². The van der Waals surface area contributed by atoms with E-state index in [1.54, 1.807) is 0 Å². The molecule has 132 valence electrons. The van der Waals surface area contributed by atoms with E-state index in [2.05, 4.69) is 32.6 Å². The van der Waals surface area contributed by atoms with Crippen LogP contribution in [-0.2, 0) is 4.79 Å². The highest BCUT2D eigenvalue weighted by molar-refractivity contribution is 6.07. The second-order valence-electron chi connectivity index (χ2n) is 8.05. The Kier molecular flexibility index (Phi) is 5.39. The van der Waals surface area contributed by atoms with Crippen LogP contribution in [0.25, 0.3) is 0 Å². The van der Waals surface area contributed by atoms with Gasteiger partial charge in [0.05, 0.1) is 0 Å². The lowest BCUT2D eigenvalue weighted by molar-refractivity contribution is -0.137. The molecule has 5 heteroatoms. The first kappa shape index (κ1) is 18.2. The van der Waals surface area contributed by atoms with Crippen LogP contribution >= 0.6 is 0 Å². The molecule has 0 atom stereocenters. The number of likely N-dealkylation sites (tertiary alicyclic amines) is 1. The summed E-state index contributed by atoms with van der Waals surface area (Å²) in [5, 5.41) is 0. The fourth-order valence-electron chi connectivity index (χ4n) is 3.79. The van der Waals surface area contributed by atoms with E-state index in [9.17, 15) is 9.59 Å². The van der Waals surface area contributed by atoms with Crippen LogP contribution in [0.1, 0.15) is 60.8 Å². The first-order valence-electron chi connectivity index (χ1n) is 9.10. The summed E-state index contributed by atoms with van der Waals surface area (Å²) in [6.45, 7) is 15.0. The van der Waals surface area contributed by atoms with Gasteiger partial charge in [-0.3, -0.25) is 9.69 Å². The van der Waals surface area contributed by atoms with Crippen LogP contribution in [0.5, 0.6) is 0 Å². The van der Waals surface area contributed by atoms with Crippen LogP contribution in [0.15, 0.2) is 0 Å². The van der Waals surface area contributed by atoms with E-state index in [4.69, 9.17) is 0 Å². The van der Waals surface area contributed by atoms with Crippen LogP contribution in [0.2, 0.25) is 0 Å². The SMILES string of the molecule is CC(C)CCN1C(=O)N(C(C)C)C(=O)C12CCN(C(C)C)CC2. The zero-order valence-electron chi connectivity index (χ0n) is 15.6. The summed E-state index contributed by atoms with van der Waals surface area (Å²) in [5.74, 6) is 0.559. The number of imide groups is 1. The summed E-state index contributed by atoms with van der Waals surface area (Å²) in [7, 11) is 0. The molecule has 0 unspecified atom stereocenters. The molecule has 2 rings (SSSR count). The third-order valence-electron chi connectivity index (χ3n) is 5.37. The van der Waals surface area contributed by atoms with Gasteiger partial charge in [-0.05, 0) is 52.9 Å². The average Bonchev–Trinajstić information content (AvgIpc) is 2.65. The molecule has 5 nitrogen and oxygen atoms in total. The second kappa shape index (κ2) is 6.80. The molecule has 0 aromatic heterocycles. The standard InChI is InChI=1S/C18H33N3O2/c1-13(2)7-10-20-17(23)21(15(5)6)16(22)18(20)8-11-19(12-9-18)14(3)4/h13-15H,7-12H2,1-6H3. The number of amides is 3. The second-order valence-corrected chi connectivity index (χ2v) is 8.05. The van der Waals surface area contributed by atoms with E-state index >= 15 is 0 Å². The minimum Gasteiger partial charge on any atom is -0.309 e. The van der Waals surface area contributed by atoms with E-state index in [0.717, 1.165) is 32.4 Å². The molecule has 3 amide bonds. The molecule has 0 saturated carbocycles. The number of piperidine rings is 1. The van der Waals surface area contributed by atoms with Gasteiger partial charge >= 0.3 is 6.03 Å². The first-order valence-corrected chi connectivity index (χ1v) is 9.10. The van der Waals surface area contributed by atoms with E-state index in [-0.39, 0.29) is 18.0 Å². The molecule has 2 fully saturated rings. The van der Waals surface area contributed by atoms with Crippen LogP contribution in [-0.4, -0.2) is 63.9 Å². The lowest BCUT2D eigenvalue weighted by atomic mass is 9.85. The van der Waals surface area contributed by atoms with Crippen LogP contribution in [0.3, 0.4) is 0 Å².